The van der Waals surface area contributed by atoms with E-state index < -0.39 is 10.0 Å². The Bertz CT molecular complexity index is 3130. The molecule has 0 fully saturated rings. The van der Waals surface area contributed by atoms with E-state index in [1.807, 2.05) is 11.3 Å². The maximum atomic E-state index is 2.53. The number of hydrogen-bond acceptors (Lipinski definition) is 2. The van der Waals surface area contributed by atoms with Crippen molar-refractivity contribution < 1.29 is 0 Å². The van der Waals surface area contributed by atoms with E-state index in [4.69, 9.17) is 0 Å². The summed E-state index contributed by atoms with van der Waals surface area (Å²) < 4.78 is 2.62. The van der Waals surface area contributed by atoms with Crippen molar-refractivity contribution in [2.24, 2.45) is 0 Å². The Labute approximate surface area is 338 Å². The third-order valence-electron chi connectivity index (χ3n) is 11.8. The van der Waals surface area contributed by atoms with Gasteiger partial charge in [-0.2, -0.15) is 0 Å². The van der Waals surface area contributed by atoms with Gasteiger partial charge in [0.15, 0.2) is 0 Å². The normalized spacial score (nSPS) is 13.6. The van der Waals surface area contributed by atoms with E-state index in [-0.39, 0.29) is 0 Å². The monoisotopic (exact) mass is 761 g/mol. The van der Waals surface area contributed by atoms with E-state index in [1.54, 1.807) is 0 Å². The number of rotatable bonds is 5. The van der Waals surface area contributed by atoms with Crippen LogP contribution in [0.4, 0.5) is 17.1 Å². The molecule has 0 saturated carbocycles. The van der Waals surface area contributed by atoms with Gasteiger partial charge in [0.2, 0.25) is 0 Å². The summed E-state index contributed by atoms with van der Waals surface area (Å²) in [5.74, 6) is 0. The fourth-order valence-electron chi connectivity index (χ4n) is 9.48. The van der Waals surface area contributed by atoms with Crippen molar-refractivity contribution in [2.45, 2.75) is 19.6 Å². The molecule has 57 heavy (non-hydrogen) atoms. The molecule has 0 atom stereocenters. The van der Waals surface area contributed by atoms with Gasteiger partial charge in [0.05, 0.1) is 5.69 Å². The summed E-state index contributed by atoms with van der Waals surface area (Å²) in [7, 11) is -1.76. The van der Waals surface area contributed by atoms with Gasteiger partial charge >= 0.3 is 0 Å². The van der Waals surface area contributed by atoms with Crippen LogP contribution in [0.2, 0.25) is 0 Å². The van der Waals surface area contributed by atoms with Crippen LogP contribution in [-0.2, 0) is 0 Å². The zero-order chi connectivity index (χ0) is 37.5. The Balaban J connectivity index is 1.15. The SMILES string of the molecule is c1ccc(-c2cccc(N(c3ccccc3)c3ccc4c(c3)S3(c5ccccc5-c5ccccc53)c3ccccc3-4)c2-c2ccc3sc4ccccc4c3c2)cc1. The molecule has 268 valence electrons. The first-order chi connectivity index (χ1) is 28.3. The lowest BCUT2D eigenvalue weighted by Gasteiger charge is -2.37. The minimum absolute atomic E-state index is 1.12. The van der Waals surface area contributed by atoms with E-state index in [2.05, 4.69) is 217 Å². The van der Waals surface area contributed by atoms with Crippen molar-refractivity contribution in [3.05, 3.63) is 212 Å². The van der Waals surface area contributed by atoms with E-state index in [0.717, 1.165) is 17.1 Å². The third-order valence-corrected chi connectivity index (χ3v) is 17.0. The van der Waals surface area contributed by atoms with Crippen molar-refractivity contribution >= 4 is 58.6 Å². The average Bonchev–Trinajstić information content (AvgIpc) is 3.91. The van der Waals surface area contributed by atoms with Crippen LogP contribution in [0.15, 0.2) is 232 Å². The minimum Gasteiger partial charge on any atom is -0.310 e. The van der Waals surface area contributed by atoms with E-state index in [1.165, 1.54) is 84.3 Å². The highest BCUT2D eigenvalue weighted by molar-refractivity contribution is 8.34. The molecule has 10 aromatic rings. The molecule has 0 aliphatic carbocycles. The first-order valence-electron chi connectivity index (χ1n) is 19.5. The van der Waals surface area contributed by atoms with Crippen molar-refractivity contribution in [1.82, 2.24) is 0 Å². The summed E-state index contributed by atoms with van der Waals surface area (Å²) >= 11 is 1.87. The van der Waals surface area contributed by atoms with Gasteiger partial charge in [-0.1, -0.05) is 146 Å². The largest absolute Gasteiger partial charge is 0.310 e. The second kappa shape index (κ2) is 12.7. The van der Waals surface area contributed by atoms with E-state index >= 15 is 0 Å². The van der Waals surface area contributed by atoms with Crippen LogP contribution < -0.4 is 4.90 Å². The Morgan fingerprint density at radius 2 is 0.895 bits per heavy atom. The number of nitrogens with zero attached hydrogens (tertiary/aromatic N) is 1. The predicted octanol–water partition coefficient (Wildman–Crippen LogP) is 16.2. The Hall–Kier alpha value is -6.65. The van der Waals surface area contributed by atoms with Crippen LogP contribution in [0.5, 0.6) is 0 Å². The lowest BCUT2D eigenvalue weighted by molar-refractivity contribution is 1.26. The molecule has 0 N–H and O–H groups in total. The van der Waals surface area contributed by atoms with Gasteiger partial charge in [-0.15, -0.1) is 21.4 Å². The highest BCUT2D eigenvalue weighted by atomic mass is 32.3. The first kappa shape index (κ1) is 32.6. The molecule has 2 aliphatic heterocycles. The van der Waals surface area contributed by atoms with Crippen molar-refractivity contribution in [3.63, 3.8) is 0 Å². The summed E-state index contributed by atoms with van der Waals surface area (Å²) in [5, 5.41) is 2.61. The molecule has 0 unspecified atom stereocenters. The molecule has 1 spiro atoms. The van der Waals surface area contributed by atoms with Crippen LogP contribution in [0.3, 0.4) is 0 Å². The lowest BCUT2D eigenvalue weighted by Crippen LogP contribution is -2.12. The van der Waals surface area contributed by atoms with E-state index in [0.29, 0.717) is 0 Å². The van der Waals surface area contributed by atoms with Crippen LogP contribution in [0, 0.1) is 0 Å². The van der Waals surface area contributed by atoms with Crippen LogP contribution in [-0.4, -0.2) is 0 Å². The van der Waals surface area contributed by atoms with Crippen molar-refractivity contribution in [3.8, 4) is 44.5 Å². The molecule has 12 rings (SSSR count). The van der Waals surface area contributed by atoms with Gasteiger partial charge in [0.25, 0.3) is 0 Å². The molecule has 1 aromatic heterocycles. The number of fused-ring (bicyclic) bond motifs is 13. The quantitative estimate of drug-likeness (QED) is 0.169. The van der Waals surface area contributed by atoms with Crippen LogP contribution in [0.1, 0.15) is 0 Å². The fraction of sp³-hybridized carbons (Fsp3) is 0. The molecule has 0 radical (unpaired) electrons. The molecular formula is C54H35NS2. The van der Waals surface area contributed by atoms with Gasteiger partial charge in [-0.25, -0.2) is 0 Å². The zero-order valence-corrected chi connectivity index (χ0v) is 32.6. The van der Waals surface area contributed by atoms with Crippen LogP contribution >= 0.6 is 21.4 Å². The Morgan fingerprint density at radius 3 is 1.60 bits per heavy atom. The predicted molar refractivity (Wildman–Crippen MR) is 243 cm³/mol. The molecule has 1 nitrogen and oxygen atoms in total. The summed E-state index contributed by atoms with van der Waals surface area (Å²) in [5.41, 5.74) is 13.6. The standard InChI is InChI=1S/C54H35NS2/c1-3-16-36(17-4-1)40-24-15-25-47(54(40)37-30-33-49-46(34-37)41-20-7-11-26-48(41)56-49)55(38-18-5-2-6-19-38)39-31-32-45-44-23-10-14-29-52(44)57(53(45)35-39)50-27-12-8-21-42(50)43-22-9-13-28-51(43)57/h1-35H. The second-order valence-electron chi connectivity index (χ2n) is 14.8. The fourth-order valence-corrected chi connectivity index (χ4v) is 15.2. The molecule has 3 heterocycles. The highest BCUT2D eigenvalue weighted by Gasteiger charge is 2.48. The molecule has 0 bridgehead atoms. The summed E-state index contributed by atoms with van der Waals surface area (Å²) in [6.07, 6.45) is 0. The van der Waals surface area contributed by atoms with Crippen molar-refractivity contribution in [1.29, 1.82) is 0 Å². The number of anilines is 3. The highest BCUT2D eigenvalue weighted by Crippen LogP contribution is 2.85. The summed E-state index contributed by atoms with van der Waals surface area (Å²) in [6, 6.07) is 79.2. The molecule has 0 saturated heterocycles. The molecular weight excluding hydrogens is 727 g/mol. The Morgan fingerprint density at radius 1 is 0.333 bits per heavy atom. The van der Waals surface area contributed by atoms with Gasteiger partial charge < -0.3 is 4.90 Å². The number of para-hydroxylation sites is 1. The number of hydrogen-bond donors (Lipinski definition) is 0. The number of thiophene rings is 1. The lowest BCUT2D eigenvalue weighted by atomic mass is 9.91. The average molecular weight is 762 g/mol. The molecule has 2 aliphatic rings. The third kappa shape index (κ3) is 4.70. The van der Waals surface area contributed by atoms with Gasteiger partial charge in [0.1, 0.15) is 0 Å². The first-order valence-corrected chi connectivity index (χ1v) is 21.9. The number of benzene rings is 9. The van der Waals surface area contributed by atoms with Crippen LogP contribution in [0.25, 0.3) is 64.7 Å². The van der Waals surface area contributed by atoms with Gasteiger partial charge in [-0.05, 0) is 106 Å². The second-order valence-corrected chi connectivity index (χ2v) is 18.9. The van der Waals surface area contributed by atoms with E-state index in [9.17, 15) is 0 Å². The topological polar surface area (TPSA) is 3.24 Å². The zero-order valence-electron chi connectivity index (χ0n) is 31.0. The maximum Gasteiger partial charge on any atom is 0.0546 e. The minimum atomic E-state index is -1.76. The Kier molecular flexibility index (Phi) is 7.25. The smallest absolute Gasteiger partial charge is 0.0546 e. The molecule has 0 amide bonds. The summed E-state index contributed by atoms with van der Waals surface area (Å²) in [6.45, 7) is 0. The summed E-state index contributed by atoms with van der Waals surface area (Å²) in [4.78, 5) is 8.21. The maximum absolute atomic E-state index is 2.53. The van der Waals surface area contributed by atoms with Gasteiger partial charge in [-0.3, -0.25) is 0 Å². The molecule has 9 aromatic carbocycles. The molecule has 3 heteroatoms. The van der Waals surface area contributed by atoms with Gasteiger partial charge in [0, 0.05) is 56.7 Å². The van der Waals surface area contributed by atoms with Crippen molar-refractivity contribution in [2.75, 3.05) is 4.90 Å².